The summed E-state index contributed by atoms with van der Waals surface area (Å²) in [6.07, 6.45) is -2.68. The van der Waals surface area contributed by atoms with E-state index in [-0.39, 0.29) is 23.7 Å². The molecular weight excluding hydrogens is 323 g/mol. The minimum Gasteiger partial charge on any atom is -0.326 e. The van der Waals surface area contributed by atoms with Gasteiger partial charge in [0.25, 0.3) is 0 Å². The zero-order chi connectivity index (χ0) is 18.2. The van der Waals surface area contributed by atoms with Crippen molar-refractivity contribution in [2.24, 2.45) is 0 Å². The van der Waals surface area contributed by atoms with Gasteiger partial charge >= 0.3 is 6.18 Å². The molecule has 0 bridgehead atoms. The van der Waals surface area contributed by atoms with Crippen molar-refractivity contribution >= 4 is 17.5 Å². The highest BCUT2D eigenvalue weighted by atomic mass is 19.4. The van der Waals surface area contributed by atoms with Crippen LogP contribution in [0.1, 0.15) is 38.2 Å². The first kappa shape index (κ1) is 19.5. The van der Waals surface area contributed by atoms with Gasteiger partial charge in [0.2, 0.25) is 11.8 Å². The van der Waals surface area contributed by atoms with Crippen molar-refractivity contribution in [3.05, 3.63) is 42.1 Å². The number of alkyl halides is 3. The van der Waals surface area contributed by atoms with Crippen LogP contribution in [0.5, 0.6) is 0 Å². The summed E-state index contributed by atoms with van der Waals surface area (Å²) >= 11 is 0. The molecule has 0 saturated heterocycles. The lowest BCUT2D eigenvalue weighted by Gasteiger charge is -2.12. The molecular formula is C16H20F3N3O2. The maximum absolute atomic E-state index is 12.6. The third-order valence-electron chi connectivity index (χ3n) is 2.98. The van der Waals surface area contributed by atoms with Crippen LogP contribution < -0.4 is 16.2 Å². The Labute approximate surface area is 138 Å². The molecule has 0 atom stereocenters. The summed E-state index contributed by atoms with van der Waals surface area (Å²) in [7, 11) is 0. The van der Waals surface area contributed by atoms with Gasteiger partial charge in [0.15, 0.2) is 0 Å². The zero-order valence-electron chi connectivity index (χ0n) is 13.3. The van der Waals surface area contributed by atoms with Gasteiger partial charge in [-0.05, 0) is 24.6 Å². The normalized spacial score (nSPS) is 10.8. The van der Waals surface area contributed by atoms with Crippen LogP contribution in [0.4, 0.5) is 18.9 Å². The van der Waals surface area contributed by atoms with Gasteiger partial charge < -0.3 is 10.7 Å². The number of carbonyl (C=O) groups is 2. The number of carbonyl (C=O) groups excluding carboxylic acids is 2. The fourth-order valence-corrected chi connectivity index (χ4v) is 1.77. The molecule has 0 fully saturated rings. The predicted molar refractivity (Wildman–Crippen MR) is 84.6 cm³/mol. The summed E-state index contributed by atoms with van der Waals surface area (Å²) in [5.74, 6) is -0.772. The van der Waals surface area contributed by atoms with Crippen LogP contribution in [-0.2, 0) is 15.8 Å². The smallest absolute Gasteiger partial charge is 0.326 e. The fourth-order valence-electron chi connectivity index (χ4n) is 1.77. The summed E-state index contributed by atoms with van der Waals surface area (Å²) in [6, 6.07) is 4.33. The summed E-state index contributed by atoms with van der Waals surface area (Å²) in [5.41, 5.74) is 4.32. The molecule has 0 heterocycles. The van der Waals surface area contributed by atoms with Crippen molar-refractivity contribution in [1.82, 2.24) is 10.9 Å². The number of halogens is 3. The van der Waals surface area contributed by atoms with E-state index in [1.807, 2.05) is 6.92 Å². The molecule has 1 aromatic carbocycles. The molecule has 1 rings (SSSR count). The summed E-state index contributed by atoms with van der Waals surface area (Å²) in [4.78, 5) is 23.2. The lowest BCUT2D eigenvalue weighted by Crippen LogP contribution is -2.37. The summed E-state index contributed by atoms with van der Waals surface area (Å²) in [6.45, 7) is 5.53. The van der Waals surface area contributed by atoms with Gasteiger partial charge in [-0.2, -0.15) is 13.2 Å². The first-order valence-electron chi connectivity index (χ1n) is 7.42. The topological polar surface area (TPSA) is 70.2 Å². The number of nitrogens with one attached hydrogen (secondary N) is 3. The van der Waals surface area contributed by atoms with Crippen molar-refractivity contribution in [2.45, 2.75) is 38.8 Å². The second kappa shape index (κ2) is 8.95. The zero-order valence-corrected chi connectivity index (χ0v) is 13.3. The Morgan fingerprint density at radius 3 is 2.50 bits per heavy atom. The van der Waals surface area contributed by atoms with Crippen molar-refractivity contribution in [1.29, 1.82) is 0 Å². The van der Waals surface area contributed by atoms with Crippen LogP contribution in [0, 0.1) is 0 Å². The Morgan fingerprint density at radius 2 is 1.88 bits per heavy atom. The van der Waals surface area contributed by atoms with Gasteiger partial charge in [-0.1, -0.05) is 26.0 Å². The molecule has 3 N–H and O–H groups in total. The minimum absolute atomic E-state index is 0.0367. The second-order valence-corrected chi connectivity index (χ2v) is 5.18. The molecule has 8 heteroatoms. The van der Waals surface area contributed by atoms with E-state index in [1.165, 1.54) is 12.1 Å². The van der Waals surface area contributed by atoms with E-state index in [1.54, 1.807) is 0 Å². The van der Waals surface area contributed by atoms with Crippen LogP contribution in [0.25, 0.3) is 0 Å². The molecule has 24 heavy (non-hydrogen) atoms. The monoisotopic (exact) mass is 343 g/mol. The van der Waals surface area contributed by atoms with Crippen LogP contribution in [0.3, 0.4) is 0 Å². The molecule has 0 radical (unpaired) electrons. The first-order chi connectivity index (χ1) is 11.2. The molecule has 1 aromatic rings. The van der Waals surface area contributed by atoms with E-state index in [9.17, 15) is 22.8 Å². The van der Waals surface area contributed by atoms with E-state index in [0.29, 0.717) is 6.42 Å². The highest BCUT2D eigenvalue weighted by Crippen LogP contribution is 2.30. The van der Waals surface area contributed by atoms with Gasteiger partial charge in [-0.25, -0.2) is 0 Å². The number of hydrazine groups is 1. The van der Waals surface area contributed by atoms with E-state index < -0.39 is 17.6 Å². The molecule has 2 amide bonds. The van der Waals surface area contributed by atoms with Crippen molar-refractivity contribution in [3.8, 4) is 0 Å². The molecule has 0 aliphatic rings. The molecule has 0 aliphatic carbocycles. The number of unbranched alkanes of at least 4 members (excludes halogenated alkanes) is 1. The third-order valence-corrected chi connectivity index (χ3v) is 2.98. The molecule has 0 spiro atoms. The Kier molecular flexibility index (Phi) is 7.29. The number of benzene rings is 1. The van der Waals surface area contributed by atoms with Crippen molar-refractivity contribution < 1.29 is 22.8 Å². The highest BCUT2D eigenvalue weighted by molar-refractivity contribution is 5.92. The van der Waals surface area contributed by atoms with Crippen LogP contribution >= 0.6 is 0 Å². The number of hydrogen-bond acceptors (Lipinski definition) is 3. The van der Waals surface area contributed by atoms with Gasteiger partial charge in [0.1, 0.15) is 0 Å². The predicted octanol–water partition coefficient (Wildman–Crippen LogP) is 3.36. The van der Waals surface area contributed by atoms with Crippen LogP contribution in [-0.4, -0.2) is 11.8 Å². The minimum atomic E-state index is -4.48. The summed E-state index contributed by atoms with van der Waals surface area (Å²) < 4.78 is 37.8. The molecule has 0 unspecified atom stereocenters. The Hall–Kier alpha value is -2.51. The van der Waals surface area contributed by atoms with E-state index >= 15 is 0 Å². The maximum atomic E-state index is 12.6. The molecule has 132 valence electrons. The molecule has 0 aromatic heterocycles. The average molecular weight is 343 g/mol. The van der Waals surface area contributed by atoms with Gasteiger partial charge in [-0.15, -0.1) is 0 Å². The number of hydrogen-bond donors (Lipinski definition) is 3. The standard InChI is InChI=1S/C16H20F3N3O2/c1-3-4-8-14(23)22-21-11(2)9-15(24)20-13-7-5-6-12(10-13)16(17,18)19/h5-7,10,21H,2-4,8-9H2,1H3,(H,20,24)(H,22,23). The number of anilines is 1. The number of rotatable bonds is 8. The third kappa shape index (κ3) is 7.17. The van der Waals surface area contributed by atoms with Crippen molar-refractivity contribution in [2.75, 3.05) is 5.32 Å². The largest absolute Gasteiger partial charge is 0.416 e. The SMILES string of the molecule is C=C(CC(=O)Nc1cccc(C(F)(F)F)c1)NNC(=O)CCCC. The second-order valence-electron chi connectivity index (χ2n) is 5.18. The van der Waals surface area contributed by atoms with E-state index in [0.717, 1.165) is 25.0 Å². The Morgan fingerprint density at radius 1 is 1.17 bits per heavy atom. The van der Waals surface area contributed by atoms with Crippen LogP contribution in [0.15, 0.2) is 36.5 Å². The van der Waals surface area contributed by atoms with Gasteiger partial charge in [-0.3, -0.25) is 15.0 Å². The highest BCUT2D eigenvalue weighted by Gasteiger charge is 2.30. The van der Waals surface area contributed by atoms with Crippen LogP contribution in [0.2, 0.25) is 0 Å². The molecule has 0 saturated carbocycles. The average Bonchev–Trinajstić information content (AvgIpc) is 2.50. The lowest BCUT2D eigenvalue weighted by atomic mass is 10.2. The Balaban J connectivity index is 2.46. The molecule has 5 nitrogen and oxygen atoms in total. The Bertz CT molecular complexity index is 600. The lowest BCUT2D eigenvalue weighted by molar-refractivity contribution is -0.137. The van der Waals surface area contributed by atoms with Gasteiger partial charge in [0, 0.05) is 17.8 Å². The quantitative estimate of drug-likeness (QED) is 0.634. The summed E-state index contributed by atoms with van der Waals surface area (Å²) in [5, 5.41) is 2.35. The van der Waals surface area contributed by atoms with E-state index in [4.69, 9.17) is 0 Å². The first-order valence-corrected chi connectivity index (χ1v) is 7.42. The fraction of sp³-hybridized carbons (Fsp3) is 0.375. The maximum Gasteiger partial charge on any atom is 0.416 e. The van der Waals surface area contributed by atoms with Crippen molar-refractivity contribution in [3.63, 3.8) is 0 Å². The van der Waals surface area contributed by atoms with Gasteiger partial charge in [0.05, 0.1) is 12.0 Å². The molecule has 0 aliphatic heterocycles. The van der Waals surface area contributed by atoms with E-state index in [2.05, 4.69) is 22.7 Å². The number of amides is 2.